The largest absolute Gasteiger partial charge is 0.270 e. The van der Waals surface area contributed by atoms with Gasteiger partial charge in [0.2, 0.25) is 0 Å². The van der Waals surface area contributed by atoms with Crippen LogP contribution in [0, 0.1) is 5.82 Å². The molecule has 0 fully saturated rings. The second kappa shape index (κ2) is 3.18. The fourth-order valence-corrected chi connectivity index (χ4v) is 3.24. The van der Waals surface area contributed by atoms with E-state index in [1.165, 1.54) is 24.3 Å². The molecule has 1 heterocycles. The van der Waals surface area contributed by atoms with Crippen molar-refractivity contribution in [1.29, 1.82) is 0 Å². The van der Waals surface area contributed by atoms with E-state index < -0.39 is 14.9 Å². The van der Waals surface area contributed by atoms with E-state index in [2.05, 4.69) is 0 Å². The molecule has 0 spiro atoms. The number of rotatable bonds is 1. The summed E-state index contributed by atoms with van der Waals surface area (Å²) in [7, 11) is 1.45. The van der Waals surface area contributed by atoms with E-state index in [1.807, 2.05) is 0 Å². The lowest BCUT2D eigenvalue weighted by molar-refractivity contribution is 0.611. The second-order valence-electron chi connectivity index (χ2n) is 2.69. The van der Waals surface area contributed by atoms with Gasteiger partial charge in [0.05, 0.1) is 0 Å². The molecule has 2 aromatic rings. The van der Waals surface area contributed by atoms with Gasteiger partial charge in [-0.15, -0.1) is 11.3 Å². The summed E-state index contributed by atoms with van der Waals surface area (Å²) in [5.41, 5.74) is 0. The Bertz CT molecular complexity index is 588. The highest BCUT2D eigenvalue weighted by atomic mass is 35.7. The molecule has 0 saturated heterocycles. The quantitative estimate of drug-likeness (QED) is 0.730. The van der Waals surface area contributed by atoms with Crippen LogP contribution in [0.1, 0.15) is 0 Å². The molecule has 0 unspecified atom stereocenters. The number of hydrogen-bond donors (Lipinski definition) is 0. The molecule has 2 rings (SSSR count). The van der Waals surface area contributed by atoms with Gasteiger partial charge in [0.25, 0.3) is 9.05 Å². The van der Waals surface area contributed by atoms with Crippen LogP contribution in [0.5, 0.6) is 0 Å². The maximum Gasteiger partial charge on any atom is 0.270 e. The minimum atomic E-state index is -3.71. The predicted molar refractivity (Wildman–Crippen MR) is 54.8 cm³/mol. The Kier molecular flexibility index (Phi) is 2.25. The lowest BCUT2D eigenvalue weighted by Gasteiger charge is -1.86. The van der Waals surface area contributed by atoms with Crippen LogP contribution >= 0.6 is 22.0 Å². The average Bonchev–Trinajstić information content (AvgIpc) is 2.45. The van der Waals surface area contributed by atoms with Crippen molar-refractivity contribution >= 4 is 41.2 Å². The summed E-state index contributed by atoms with van der Waals surface area (Å²) in [6.07, 6.45) is 0. The summed E-state index contributed by atoms with van der Waals surface area (Å²) in [6, 6.07) is 5.45. The first-order chi connectivity index (χ1) is 6.47. The first-order valence-electron chi connectivity index (χ1n) is 3.60. The maximum absolute atomic E-state index is 12.8. The Morgan fingerprint density at radius 1 is 1.29 bits per heavy atom. The zero-order valence-corrected chi connectivity index (χ0v) is 9.09. The molecule has 0 amide bonds. The number of fused-ring (bicyclic) bond motifs is 1. The van der Waals surface area contributed by atoms with Gasteiger partial charge >= 0.3 is 0 Å². The molecule has 1 aromatic carbocycles. The highest BCUT2D eigenvalue weighted by Crippen LogP contribution is 2.31. The lowest BCUT2D eigenvalue weighted by atomic mass is 10.3. The standard InChI is InChI=1S/C8H4ClFO2S2/c9-14(11,12)8-4-5-3-6(10)1-2-7(5)13-8/h1-4H. The average molecular weight is 251 g/mol. The van der Waals surface area contributed by atoms with E-state index in [-0.39, 0.29) is 4.21 Å². The van der Waals surface area contributed by atoms with Crippen molar-refractivity contribution in [2.24, 2.45) is 0 Å². The summed E-state index contributed by atoms with van der Waals surface area (Å²) >= 11 is 1.03. The van der Waals surface area contributed by atoms with Gasteiger partial charge in [-0.3, -0.25) is 0 Å². The van der Waals surface area contributed by atoms with E-state index >= 15 is 0 Å². The molecule has 6 heteroatoms. The van der Waals surface area contributed by atoms with Crippen LogP contribution < -0.4 is 0 Å². The molecule has 1 aromatic heterocycles. The highest BCUT2D eigenvalue weighted by molar-refractivity contribution is 8.15. The first kappa shape index (κ1) is 9.89. The van der Waals surface area contributed by atoms with Gasteiger partial charge in [0.15, 0.2) is 0 Å². The molecule has 0 saturated carbocycles. The van der Waals surface area contributed by atoms with Crippen LogP contribution in [0.25, 0.3) is 10.1 Å². The molecular formula is C8H4ClFO2S2. The Hall–Kier alpha value is -0.650. The highest BCUT2D eigenvalue weighted by Gasteiger charge is 2.14. The lowest BCUT2D eigenvalue weighted by Crippen LogP contribution is -1.83. The first-order valence-corrected chi connectivity index (χ1v) is 6.73. The van der Waals surface area contributed by atoms with E-state index in [4.69, 9.17) is 10.7 Å². The van der Waals surface area contributed by atoms with Gasteiger partial charge in [-0.2, -0.15) is 0 Å². The fourth-order valence-electron chi connectivity index (χ4n) is 1.11. The van der Waals surface area contributed by atoms with Crippen molar-refractivity contribution in [1.82, 2.24) is 0 Å². The summed E-state index contributed by atoms with van der Waals surface area (Å²) in [5.74, 6) is -0.395. The Morgan fingerprint density at radius 3 is 2.64 bits per heavy atom. The van der Waals surface area contributed by atoms with E-state index in [0.29, 0.717) is 10.1 Å². The third-order valence-electron chi connectivity index (χ3n) is 1.70. The van der Waals surface area contributed by atoms with Gasteiger partial charge in [-0.1, -0.05) is 0 Å². The molecule has 0 radical (unpaired) electrons. The molecule has 0 N–H and O–H groups in total. The van der Waals surface area contributed by atoms with E-state index in [1.54, 1.807) is 0 Å². The molecule has 2 nitrogen and oxygen atoms in total. The molecule has 0 aliphatic carbocycles. The number of thiophene rings is 1. The summed E-state index contributed by atoms with van der Waals surface area (Å²) in [5, 5.41) is 0.550. The Labute approximate surface area is 88.4 Å². The van der Waals surface area contributed by atoms with Crippen molar-refractivity contribution < 1.29 is 12.8 Å². The normalized spacial score (nSPS) is 12.1. The number of halogens is 2. The third kappa shape index (κ3) is 1.75. The van der Waals surface area contributed by atoms with E-state index in [0.717, 1.165) is 11.3 Å². The van der Waals surface area contributed by atoms with Crippen molar-refractivity contribution in [2.75, 3.05) is 0 Å². The van der Waals surface area contributed by atoms with Crippen molar-refractivity contribution in [3.63, 3.8) is 0 Å². The van der Waals surface area contributed by atoms with Gasteiger partial charge in [-0.25, -0.2) is 12.8 Å². The maximum atomic E-state index is 12.8. The van der Waals surface area contributed by atoms with E-state index in [9.17, 15) is 12.8 Å². The monoisotopic (exact) mass is 250 g/mol. The fraction of sp³-hybridized carbons (Fsp3) is 0. The second-order valence-corrected chi connectivity index (χ2v) is 6.56. The molecule has 14 heavy (non-hydrogen) atoms. The van der Waals surface area contributed by atoms with Crippen molar-refractivity contribution in [2.45, 2.75) is 4.21 Å². The van der Waals surface area contributed by atoms with Crippen molar-refractivity contribution in [3.05, 3.63) is 30.1 Å². The van der Waals surface area contributed by atoms with Gasteiger partial charge in [0.1, 0.15) is 10.0 Å². The molecule has 0 aliphatic rings. The molecule has 74 valence electrons. The van der Waals surface area contributed by atoms with Crippen LogP contribution in [0.2, 0.25) is 0 Å². The smallest absolute Gasteiger partial charge is 0.207 e. The molecule has 0 aliphatic heterocycles. The summed E-state index contributed by atoms with van der Waals surface area (Å²) in [4.78, 5) is 0. The Morgan fingerprint density at radius 2 is 2.00 bits per heavy atom. The number of hydrogen-bond acceptors (Lipinski definition) is 3. The Balaban J connectivity index is 2.75. The predicted octanol–water partition coefficient (Wildman–Crippen LogP) is 2.97. The minimum Gasteiger partial charge on any atom is -0.207 e. The molecular weight excluding hydrogens is 247 g/mol. The van der Waals surface area contributed by atoms with Crippen molar-refractivity contribution in [3.8, 4) is 0 Å². The number of benzene rings is 1. The van der Waals surface area contributed by atoms with Gasteiger partial charge < -0.3 is 0 Å². The minimum absolute atomic E-state index is 0.0415. The topological polar surface area (TPSA) is 34.1 Å². The van der Waals surface area contributed by atoms with Crippen LogP contribution in [0.15, 0.2) is 28.5 Å². The van der Waals surface area contributed by atoms with Gasteiger partial charge in [-0.05, 0) is 29.7 Å². The zero-order valence-electron chi connectivity index (χ0n) is 6.70. The summed E-state index contributed by atoms with van der Waals surface area (Å²) in [6.45, 7) is 0. The summed E-state index contributed by atoms with van der Waals surface area (Å²) < 4.78 is 35.4. The zero-order chi connectivity index (χ0) is 10.3. The van der Waals surface area contributed by atoms with Crippen LogP contribution in [-0.4, -0.2) is 8.42 Å². The van der Waals surface area contributed by atoms with Crippen LogP contribution in [-0.2, 0) is 9.05 Å². The molecule has 0 atom stereocenters. The van der Waals surface area contributed by atoms with Crippen LogP contribution in [0.3, 0.4) is 0 Å². The third-order valence-corrected chi connectivity index (χ3v) is 4.89. The van der Waals surface area contributed by atoms with Gasteiger partial charge in [0, 0.05) is 15.4 Å². The van der Waals surface area contributed by atoms with Crippen LogP contribution in [0.4, 0.5) is 4.39 Å². The SMILES string of the molecule is O=S(=O)(Cl)c1cc2cc(F)ccc2s1. The molecule has 0 bridgehead atoms.